The zero-order chi connectivity index (χ0) is 22.1. The summed E-state index contributed by atoms with van der Waals surface area (Å²) in [6.45, 7) is 5.86. The summed E-state index contributed by atoms with van der Waals surface area (Å²) in [6, 6.07) is 15.6. The Kier molecular flexibility index (Phi) is 8.33. The maximum atomic E-state index is 12.5. The first-order valence-corrected chi connectivity index (χ1v) is 11.0. The lowest BCUT2D eigenvalue weighted by atomic mass is 10.0. The number of hydrogen-bond donors (Lipinski definition) is 1. The van der Waals surface area contributed by atoms with Crippen LogP contribution in [0.2, 0.25) is 0 Å². The summed E-state index contributed by atoms with van der Waals surface area (Å²) in [5.74, 6) is 1.61. The van der Waals surface area contributed by atoms with Crippen molar-refractivity contribution in [2.24, 2.45) is 0 Å². The van der Waals surface area contributed by atoms with Gasteiger partial charge < -0.3 is 19.7 Å². The number of piperidine rings is 1. The number of amides is 2. The van der Waals surface area contributed by atoms with E-state index in [0.717, 1.165) is 35.5 Å². The Morgan fingerprint density at radius 2 is 1.74 bits per heavy atom. The van der Waals surface area contributed by atoms with Crippen LogP contribution < -0.4 is 14.8 Å². The fraction of sp³-hybridized carbons (Fsp3) is 0.440. The molecule has 3 rings (SSSR count). The van der Waals surface area contributed by atoms with Crippen molar-refractivity contribution in [2.75, 3.05) is 26.3 Å². The lowest BCUT2D eigenvalue weighted by Crippen LogP contribution is -2.47. The normalized spacial score (nSPS) is 14.2. The molecular formula is C25H32N2O4. The number of para-hydroxylation sites is 1. The fourth-order valence-electron chi connectivity index (χ4n) is 3.62. The quantitative estimate of drug-likeness (QED) is 0.624. The van der Waals surface area contributed by atoms with Gasteiger partial charge in [-0.15, -0.1) is 0 Å². The summed E-state index contributed by atoms with van der Waals surface area (Å²) >= 11 is 0. The van der Waals surface area contributed by atoms with Crippen molar-refractivity contribution in [1.29, 1.82) is 0 Å². The van der Waals surface area contributed by atoms with Crippen LogP contribution in [0.25, 0.3) is 0 Å². The van der Waals surface area contributed by atoms with Gasteiger partial charge in [0.25, 0.3) is 5.91 Å². The molecule has 2 aromatic rings. The Morgan fingerprint density at radius 3 is 2.48 bits per heavy atom. The number of hydrogen-bond acceptors (Lipinski definition) is 4. The minimum absolute atomic E-state index is 0.0104. The van der Waals surface area contributed by atoms with Gasteiger partial charge >= 0.3 is 0 Å². The van der Waals surface area contributed by atoms with E-state index >= 15 is 0 Å². The van der Waals surface area contributed by atoms with Gasteiger partial charge in [0.1, 0.15) is 11.5 Å². The van der Waals surface area contributed by atoms with E-state index in [1.807, 2.05) is 67.3 Å². The maximum absolute atomic E-state index is 12.5. The van der Waals surface area contributed by atoms with Crippen molar-refractivity contribution in [1.82, 2.24) is 10.2 Å². The third-order valence-corrected chi connectivity index (χ3v) is 5.68. The molecule has 0 atom stereocenters. The summed E-state index contributed by atoms with van der Waals surface area (Å²) in [6.07, 6.45) is 2.65. The number of nitrogens with one attached hydrogen (secondary N) is 1. The van der Waals surface area contributed by atoms with Crippen molar-refractivity contribution < 1.29 is 19.1 Å². The van der Waals surface area contributed by atoms with E-state index in [1.165, 1.54) is 0 Å². The number of carbonyl (C=O) groups is 2. The van der Waals surface area contributed by atoms with Crippen LogP contribution in [0.1, 0.15) is 36.8 Å². The van der Waals surface area contributed by atoms with E-state index in [0.29, 0.717) is 32.5 Å². The van der Waals surface area contributed by atoms with Crippen molar-refractivity contribution >= 4 is 11.8 Å². The van der Waals surface area contributed by atoms with Crippen LogP contribution >= 0.6 is 0 Å². The van der Waals surface area contributed by atoms with Gasteiger partial charge in [0, 0.05) is 25.6 Å². The second-order valence-electron chi connectivity index (χ2n) is 7.97. The molecule has 0 radical (unpaired) electrons. The lowest BCUT2D eigenvalue weighted by Gasteiger charge is -2.32. The predicted octanol–water partition coefficient (Wildman–Crippen LogP) is 3.65. The summed E-state index contributed by atoms with van der Waals surface area (Å²) in [5, 5.41) is 3.08. The molecule has 0 aliphatic carbocycles. The third-order valence-electron chi connectivity index (χ3n) is 5.68. The van der Waals surface area contributed by atoms with Gasteiger partial charge in [-0.25, -0.2) is 0 Å². The molecule has 2 amide bonds. The Bertz CT molecular complexity index is 861. The van der Waals surface area contributed by atoms with Gasteiger partial charge in [0.2, 0.25) is 5.91 Å². The van der Waals surface area contributed by atoms with Crippen LogP contribution in [0.5, 0.6) is 11.5 Å². The molecule has 0 unspecified atom stereocenters. The Labute approximate surface area is 184 Å². The number of benzene rings is 2. The zero-order valence-electron chi connectivity index (χ0n) is 18.4. The average Bonchev–Trinajstić information content (AvgIpc) is 2.79. The van der Waals surface area contributed by atoms with E-state index in [-0.39, 0.29) is 24.5 Å². The average molecular weight is 425 g/mol. The van der Waals surface area contributed by atoms with Gasteiger partial charge in [-0.3, -0.25) is 9.59 Å². The molecule has 6 nitrogen and oxygen atoms in total. The number of nitrogens with zero attached hydrogens (tertiary/aromatic N) is 1. The van der Waals surface area contributed by atoms with Gasteiger partial charge in [0.15, 0.2) is 6.61 Å². The van der Waals surface area contributed by atoms with Crippen molar-refractivity contribution in [3.05, 3.63) is 59.7 Å². The van der Waals surface area contributed by atoms with E-state index in [2.05, 4.69) is 5.32 Å². The first kappa shape index (κ1) is 22.7. The van der Waals surface area contributed by atoms with Gasteiger partial charge in [-0.05, 0) is 62.4 Å². The van der Waals surface area contributed by atoms with Crippen molar-refractivity contribution in [2.45, 2.75) is 45.6 Å². The summed E-state index contributed by atoms with van der Waals surface area (Å²) < 4.78 is 11.4. The smallest absolute Gasteiger partial charge is 0.260 e. The van der Waals surface area contributed by atoms with Crippen molar-refractivity contribution in [3.63, 3.8) is 0 Å². The maximum Gasteiger partial charge on any atom is 0.260 e. The predicted molar refractivity (Wildman–Crippen MR) is 120 cm³/mol. The highest BCUT2D eigenvalue weighted by Gasteiger charge is 2.24. The second-order valence-corrected chi connectivity index (χ2v) is 7.97. The summed E-state index contributed by atoms with van der Waals surface area (Å²) in [4.78, 5) is 26.5. The van der Waals surface area contributed by atoms with Crippen LogP contribution in [0, 0.1) is 13.8 Å². The van der Waals surface area contributed by atoms with E-state index in [1.54, 1.807) is 0 Å². The van der Waals surface area contributed by atoms with E-state index in [4.69, 9.17) is 9.47 Å². The Balaban J connectivity index is 1.31. The number of ether oxygens (including phenoxy) is 2. The van der Waals surface area contributed by atoms with Crippen LogP contribution in [-0.4, -0.2) is 49.1 Å². The number of aryl methyl sites for hydroxylation is 1. The molecule has 166 valence electrons. The lowest BCUT2D eigenvalue weighted by molar-refractivity contribution is -0.134. The highest BCUT2D eigenvalue weighted by atomic mass is 16.5. The molecule has 0 bridgehead atoms. The van der Waals surface area contributed by atoms with Crippen LogP contribution in [0.15, 0.2) is 48.5 Å². The van der Waals surface area contributed by atoms with Crippen LogP contribution in [0.3, 0.4) is 0 Å². The molecule has 0 aromatic heterocycles. The summed E-state index contributed by atoms with van der Waals surface area (Å²) in [7, 11) is 0. The number of carbonyl (C=O) groups excluding carboxylic acids is 2. The molecule has 31 heavy (non-hydrogen) atoms. The largest absolute Gasteiger partial charge is 0.494 e. The first-order chi connectivity index (χ1) is 15.0. The van der Waals surface area contributed by atoms with Gasteiger partial charge in [0.05, 0.1) is 6.61 Å². The highest BCUT2D eigenvalue weighted by Crippen LogP contribution is 2.21. The van der Waals surface area contributed by atoms with Crippen LogP contribution in [-0.2, 0) is 9.59 Å². The second kappa shape index (κ2) is 11.4. The monoisotopic (exact) mass is 424 g/mol. The molecule has 1 fully saturated rings. The zero-order valence-corrected chi connectivity index (χ0v) is 18.4. The standard InChI is InChI=1S/C25H32N2O4/c1-19-8-6-11-23(20(19)2)31-18-25(29)27-15-13-21(14-16-27)26-24(28)12-7-17-30-22-9-4-3-5-10-22/h3-6,8-11,21H,7,12-18H2,1-2H3,(H,26,28). The number of rotatable bonds is 9. The molecular weight excluding hydrogens is 392 g/mol. The number of likely N-dealkylation sites (tertiary alicyclic amines) is 1. The SMILES string of the molecule is Cc1cccc(OCC(=O)N2CCC(NC(=O)CCCOc3ccccc3)CC2)c1C. The van der Waals surface area contributed by atoms with Gasteiger partial charge in [-0.1, -0.05) is 30.3 Å². The molecule has 1 heterocycles. The topological polar surface area (TPSA) is 67.9 Å². The highest BCUT2D eigenvalue weighted by molar-refractivity contribution is 5.78. The molecule has 1 saturated heterocycles. The van der Waals surface area contributed by atoms with Crippen LogP contribution in [0.4, 0.5) is 0 Å². The molecule has 0 spiro atoms. The molecule has 6 heteroatoms. The summed E-state index contributed by atoms with van der Waals surface area (Å²) in [5.41, 5.74) is 2.21. The molecule has 0 saturated carbocycles. The molecule has 1 aliphatic rings. The first-order valence-electron chi connectivity index (χ1n) is 11.0. The minimum atomic E-state index is -0.0104. The molecule has 1 N–H and O–H groups in total. The van der Waals surface area contributed by atoms with E-state index in [9.17, 15) is 9.59 Å². The Hall–Kier alpha value is -3.02. The Morgan fingerprint density at radius 1 is 1.00 bits per heavy atom. The minimum Gasteiger partial charge on any atom is -0.494 e. The third kappa shape index (κ3) is 7.02. The fourth-order valence-corrected chi connectivity index (χ4v) is 3.62. The molecule has 2 aromatic carbocycles. The van der Waals surface area contributed by atoms with Gasteiger partial charge in [-0.2, -0.15) is 0 Å². The van der Waals surface area contributed by atoms with Crippen molar-refractivity contribution in [3.8, 4) is 11.5 Å². The molecule has 1 aliphatic heterocycles. The van der Waals surface area contributed by atoms with E-state index < -0.39 is 0 Å².